The lowest BCUT2D eigenvalue weighted by molar-refractivity contribution is -0.384. The van der Waals surface area contributed by atoms with E-state index in [4.69, 9.17) is 0 Å². The number of halogens is 1. The molecule has 0 bridgehead atoms. The van der Waals surface area contributed by atoms with Gasteiger partial charge in [-0.3, -0.25) is 14.9 Å². The van der Waals surface area contributed by atoms with E-state index in [9.17, 15) is 14.9 Å². The summed E-state index contributed by atoms with van der Waals surface area (Å²) in [4.78, 5) is 29.0. The lowest BCUT2D eigenvalue weighted by Crippen LogP contribution is -2.26. The molecule has 3 aromatic rings. The van der Waals surface area contributed by atoms with Crippen molar-refractivity contribution in [3.8, 4) is 5.69 Å². The highest BCUT2D eigenvalue weighted by Crippen LogP contribution is 2.25. The molecule has 0 fully saturated rings. The Bertz CT molecular complexity index is 940. The first-order valence-electron chi connectivity index (χ1n) is 7.72. The first kappa shape index (κ1) is 17.8. The van der Waals surface area contributed by atoms with Crippen LogP contribution in [0.3, 0.4) is 0 Å². The van der Waals surface area contributed by atoms with Gasteiger partial charge in [0.1, 0.15) is 5.69 Å². The van der Waals surface area contributed by atoms with Crippen LogP contribution >= 0.6 is 15.9 Å². The van der Waals surface area contributed by atoms with Crippen molar-refractivity contribution < 1.29 is 9.72 Å². The topological polar surface area (TPSA) is 81.3 Å². The first-order chi connectivity index (χ1) is 12.5. The third-order valence-electron chi connectivity index (χ3n) is 3.88. The fraction of sp³-hybridized carbons (Fsp3) is 0.111. The Morgan fingerprint density at radius 2 is 2.00 bits per heavy atom. The normalized spacial score (nSPS) is 10.5. The molecule has 1 amide bonds. The summed E-state index contributed by atoms with van der Waals surface area (Å²) in [5.74, 6) is -0.284. The average molecular weight is 415 g/mol. The lowest BCUT2D eigenvalue weighted by Gasteiger charge is -2.17. The predicted octanol–water partition coefficient (Wildman–Crippen LogP) is 3.82. The molecular weight excluding hydrogens is 400 g/mol. The Morgan fingerprint density at radius 3 is 2.62 bits per heavy atom. The molecule has 0 aliphatic rings. The second-order valence-corrected chi connectivity index (χ2v) is 6.63. The van der Waals surface area contributed by atoms with Crippen molar-refractivity contribution >= 4 is 27.5 Å². The Hall–Kier alpha value is -3.00. The molecule has 1 heterocycles. The summed E-state index contributed by atoms with van der Waals surface area (Å²) in [6, 6.07) is 12.1. The fourth-order valence-electron chi connectivity index (χ4n) is 2.58. The first-order valence-corrected chi connectivity index (χ1v) is 8.51. The van der Waals surface area contributed by atoms with Gasteiger partial charge in [0.05, 0.1) is 11.3 Å². The molecule has 3 rings (SSSR count). The van der Waals surface area contributed by atoms with Gasteiger partial charge in [-0.2, -0.15) is 0 Å². The molecule has 8 heteroatoms. The summed E-state index contributed by atoms with van der Waals surface area (Å²) in [5, 5.41) is 11.4. The van der Waals surface area contributed by atoms with E-state index in [0.29, 0.717) is 12.2 Å². The second-order valence-electron chi connectivity index (χ2n) is 5.72. The monoisotopic (exact) mass is 414 g/mol. The molecule has 132 valence electrons. The van der Waals surface area contributed by atoms with Crippen LogP contribution in [-0.4, -0.2) is 32.3 Å². The van der Waals surface area contributed by atoms with Crippen molar-refractivity contribution in [1.82, 2.24) is 14.5 Å². The van der Waals surface area contributed by atoms with Crippen LogP contribution in [0, 0.1) is 10.1 Å². The maximum atomic E-state index is 12.7. The second kappa shape index (κ2) is 7.49. The molecule has 0 spiro atoms. The zero-order valence-corrected chi connectivity index (χ0v) is 15.5. The number of aromatic nitrogens is 2. The van der Waals surface area contributed by atoms with E-state index in [2.05, 4.69) is 20.9 Å². The van der Waals surface area contributed by atoms with Gasteiger partial charge in [0.25, 0.3) is 11.6 Å². The minimum absolute atomic E-state index is 0.147. The van der Waals surface area contributed by atoms with E-state index in [1.807, 2.05) is 24.3 Å². The highest BCUT2D eigenvalue weighted by atomic mass is 79.9. The van der Waals surface area contributed by atoms with Crippen LogP contribution in [0.15, 0.2) is 65.7 Å². The standard InChI is InChI=1S/C18H15BrN4O3/c1-21(11-13-2-5-15(19)6-3-13)18(24)14-4-7-16(17(10-14)23(25)26)22-9-8-20-12-22/h2-10,12H,11H2,1H3. The molecule has 0 saturated carbocycles. The zero-order valence-electron chi connectivity index (χ0n) is 13.9. The minimum Gasteiger partial charge on any atom is -0.337 e. The number of imidazole rings is 1. The van der Waals surface area contributed by atoms with E-state index in [1.54, 1.807) is 25.4 Å². The summed E-state index contributed by atoms with van der Waals surface area (Å²) in [6.07, 6.45) is 4.63. The number of hydrogen-bond acceptors (Lipinski definition) is 4. The van der Waals surface area contributed by atoms with Gasteiger partial charge in [-0.1, -0.05) is 28.1 Å². The van der Waals surface area contributed by atoms with Crippen molar-refractivity contribution in [3.63, 3.8) is 0 Å². The number of nitro groups is 1. The quantitative estimate of drug-likeness (QED) is 0.469. The summed E-state index contributed by atoms with van der Waals surface area (Å²) in [7, 11) is 1.67. The molecule has 2 aromatic carbocycles. The Balaban J connectivity index is 1.86. The Morgan fingerprint density at radius 1 is 1.27 bits per heavy atom. The summed E-state index contributed by atoms with van der Waals surface area (Å²) in [5.41, 5.74) is 1.44. The van der Waals surface area contributed by atoms with E-state index in [0.717, 1.165) is 10.0 Å². The molecule has 0 aliphatic carbocycles. The summed E-state index contributed by atoms with van der Waals surface area (Å²) in [6.45, 7) is 0.406. The number of nitro benzene ring substituents is 1. The van der Waals surface area contributed by atoms with Crippen molar-refractivity contribution in [1.29, 1.82) is 0 Å². The number of carbonyl (C=O) groups excluding carboxylic acids is 1. The van der Waals surface area contributed by atoms with Crippen LogP contribution < -0.4 is 0 Å². The van der Waals surface area contributed by atoms with Gasteiger partial charge < -0.3 is 9.47 Å². The van der Waals surface area contributed by atoms with Crippen molar-refractivity contribution in [3.05, 3.63) is 86.9 Å². The minimum atomic E-state index is -0.499. The van der Waals surface area contributed by atoms with Crippen LogP contribution in [0.2, 0.25) is 0 Å². The molecule has 0 aliphatic heterocycles. The number of rotatable bonds is 5. The third kappa shape index (κ3) is 3.80. The van der Waals surface area contributed by atoms with Gasteiger partial charge in [0, 0.05) is 42.1 Å². The molecule has 0 radical (unpaired) electrons. The molecule has 26 heavy (non-hydrogen) atoms. The smallest absolute Gasteiger partial charge is 0.294 e. The van der Waals surface area contributed by atoms with E-state index in [1.165, 1.54) is 28.1 Å². The molecule has 1 aromatic heterocycles. The number of nitrogens with zero attached hydrogens (tertiary/aromatic N) is 4. The van der Waals surface area contributed by atoms with Gasteiger partial charge in [0.2, 0.25) is 0 Å². The van der Waals surface area contributed by atoms with Crippen LogP contribution in [-0.2, 0) is 6.54 Å². The molecule has 0 N–H and O–H groups in total. The largest absolute Gasteiger partial charge is 0.337 e. The van der Waals surface area contributed by atoms with Gasteiger partial charge in [-0.05, 0) is 29.8 Å². The van der Waals surface area contributed by atoms with Crippen LogP contribution in [0.5, 0.6) is 0 Å². The molecule has 0 unspecified atom stereocenters. The van der Waals surface area contributed by atoms with Gasteiger partial charge in [-0.15, -0.1) is 0 Å². The van der Waals surface area contributed by atoms with Crippen LogP contribution in [0.1, 0.15) is 15.9 Å². The molecule has 0 atom stereocenters. The fourth-order valence-corrected chi connectivity index (χ4v) is 2.84. The maximum absolute atomic E-state index is 12.7. The SMILES string of the molecule is CN(Cc1ccc(Br)cc1)C(=O)c1ccc(-n2ccnc2)c([N+](=O)[O-])c1. The summed E-state index contributed by atoms with van der Waals surface area (Å²) >= 11 is 3.37. The highest BCUT2D eigenvalue weighted by Gasteiger charge is 2.20. The van der Waals surface area contributed by atoms with Gasteiger partial charge in [0.15, 0.2) is 0 Å². The zero-order chi connectivity index (χ0) is 18.7. The van der Waals surface area contributed by atoms with E-state index >= 15 is 0 Å². The summed E-state index contributed by atoms with van der Waals surface area (Å²) < 4.78 is 2.50. The number of benzene rings is 2. The van der Waals surface area contributed by atoms with Crippen molar-refractivity contribution in [2.45, 2.75) is 6.54 Å². The van der Waals surface area contributed by atoms with Crippen molar-refractivity contribution in [2.24, 2.45) is 0 Å². The number of amides is 1. The molecular formula is C18H15BrN4O3. The van der Waals surface area contributed by atoms with E-state index in [-0.39, 0.29) is 17.2 Å². The van der Waals surface area contributed by atoms with Gasteiger partial charge in [-0.25, -0.2) is 4.98 Å². The van der Waals surface area contributed by atoms with Crippen LogP contribution in [0.25, 0.3) is 5.69 Å². The maximum Gasteiger partial charge on any atom is 0.294 e. The third-order valence-corrected chi connectivity index (χ3v) is 4.41. The highest BCUT2D eigenvalue weighted by molar-refractivity contribution is 9.10. The van der Waals surface area contributed by atoms with E-state index < -0.39 is 4.92 Å². The molecule has 0 saturated heterocycles. The van der Waals surface area contributed by atoms with Gasteiger partial charge >= 0.3 is 0 Å². The van der Waals surface area contributed by atoms with Crippen molar-refractivity contribution in [2.75, 3.05) is 7.05 Å². The Kier molecular flexibility index (Phi) is 5.13. The number of hydrogen-bond donors (Lipinski definition) is 0. The lowest BCUT2D eigenvalue weighted by atomic mass is 10.1. The predicted molar refractivity (Wildman–Crippen MR) is 100 cm³/mol. The number of carbonyl (C=O) groups is 1. The van der Waals surface area contributed by atoms with Crippen LogP contribution in [0.4, 0.5) is 5.69 Å². The average Bonchev–Trinajstić information content (AvgIpc) is 3.17. The Labute approximate surface area is 158 Å². The molecule has 7 nitrogen and oxygen atoms in total.